The normalized spacial score (nSPS) is 12.7. The molecule has 13 heavy (non-hydrogen) atoms. The third kappa shape index (κ3) is 2.14. The predicted octanol–water partition coefficient (Wildman–Crippen LogP) is 2.46. The molecule has 0 amide bonds. The van der Waals surface area contributed by atoms with Gasteiger partial charge >= 0.3 is 0 Å². The third-order valence-corrected chi connectivity index (χ3v) is 2.26. The number of anilines is 1. The van der Waals surface area contributed by atoms with Crippen molar-refractivity contribution < 1.29 is 5.11 Å². The van der Waals surface area contributed by atoms with E-state index >= 15 is 0 Å². The molecule has 0 radical (unpaired) electrons. The highest BCUT2D eigenvalue weighted by atomic mass is 35.5. The molecule has 1 atom stereocenters. The first-order chi connectivity index (χ1) is 6.04. The van der Waals surface area contributed by atoms with Gasteiger partial charge < -0.3 is 10.0 Å². The second kappa shape index (κ2) is 3.99. The van der Waals surface area contributed by atoms with E-state index in [1.165, 1.54) is 0 Å². The molecule has 1 N–H and O–H groups in total. The highest BCUT2D eigenvalue weighted by molar-refractivity contribution is 6.31. The van der Waals surface area contributed by atoms with Crippen molar-refractivity contribution in [2.24, 2.45) is 0 Å². The maximum atomic E-state index is 9.52. The standard InChI is InChI=1S/C10H14ClNO/c1-7(13)10-8(11)5-4-6-9(10)12(2)3/h4-7,13H,1-3H3/t7-/m0/s1. The summed E-state index contributed by atoms with van der Waals surface area (Å²) >= 11 is 5.98. The van der Waals surface area contributed by atoms with Crippen molar-refractivity contribution in [1.82, 2.24) is 0 Å². The Kier molecular flexibility index (Phi) is 3.17. The van der Waals surface area contributed by atoms with Crippen LogP contribution in [0.5, 0.6) is 0 Å². The van der Waals surface area contributed by atoms with E-state index in [2.05, 4.69) is 0 Å². The SMILES string of the molecule is C[C@H](O)c1c(Cl)cccc1N(C)C. The lowest BCUT2D eigenvalue weighted by Gasteiger charge is -2.20. The van der Waals surface area contributed by atoms with Gasteiger partial charge in [0.2, 0.25) is 0 Å². The molecular weight excluding hydrogens is 186 g/mol. The van der Waals surface area contributed by atoms with Gasteiger partial charge in [0, 0.05) is 30.4 Å². The molecule has 0 heterocycles. The summed E-state index contributed by atoms with van der Waals surface area (Å²) in [6, 6.07) is 5.61. The molecule has 0 aliphatic carbocycles. The van der Waals surface area contributed by atoms with Crippen molar-refractivity contribution in [3.8, 4) is 0 Å². The van der Waals surface area contributed by atoms with Crippen LogP contribution in [0.25, 0.3) is 0 Å². The molecule has 1 rings (SSSR count). The Morgan fingerprint density at radius 3 is 2.38 bits per heavy atom. The maximum Gasteiger partial charge on any atom is 0.0796 e. The number of hydrogen-bond acceptors (Lipinski definition) is 2. The molecule has 0 saturated heterocycles. The van der Waals surface area contributed by atoms with Crippen LogP contribution in [-0.4, -0.2) is 19.2 Å². The molecule has 0 aliphatic heterocycles. The Morgan fingerprint density at radius 1 is 1.38 bits per heavy atom. The molecule has 2 nitrogen and oxygen atoms in total. The molecule has 1 aromatic carbocycles. The lowest BCUT2D eigenvalue weighted by atomic mass is 10.1. The monoisotopic (exact) mass is 199 g/mol. The molecule has 0 bridgehead atoms. The number of benzene rings is 1. The van der Waals surface area contributed by atoms with Crippen LogP contribution in [0.2, 0.25) is 5.02 Å². The van der Waals surface area contributed by atoms with Crippen LogP contribution >= 0.6 is 11.6 Å². The van der Waals surface area contributed by atoms with Gasteiger partial charge in [0.05, 0.1) is 6.10 Å². The average molecular weight is 200 g/mol. The predicted molar refractivity (Wildman–Crippen MR) is 56.4 cm³/mol. The Labute approximate surface area is 83.7 Å². The first kappa shape index (κ1) is 10.4. The zero-order valence-electron chi connectivity index (χ0n) is 8.08. The van der Waals surface area contributed by atoms with E-state index in [4.69, 9.17) is 11.6 Å². The Hall–Kier alpha value is -0.730. The first-order valence-corrected chi connectivity index (χ1v) is 4.55. The lowest BCUT2D eigenvalue weighted by Crippen LogP contribution is -2.12. The number of aliphatic hydroxyl groups is 1. The average Bonchev–Trinajstić information content (AvgIpc) is 2.02. The fourth-order valence-electron chi connectivity index (χ4n) is 1.33. The summed E-state index contributed by atoms with van der Waals surface area (Å²) < 4.78 is 0. The molecule has 0 spiro atoms. The van der Waals surface area contributed by atoms with E-state index in [0.29, 0.717) is 5.02 Å². The molecule has 0 aromatic heterocycles. The largest absolute Gasteiger partial charge is 0.389 e. The van der Waals surface area contributed by atoms with Crippen molar-refractivity contribution in [3.63, 3.8) is 0 Å². The van der Waals surface area contributed by atoms with E-state index in [0.717, 1.165) is 11.3 Å². The smallest absolute Gasteiger partial charge is 0.0796 e. The zero-order chi connectivity index (χ0) is 10.0. The van der Waals surface area contributed by atoms with Gasteiger partial charge in [-0.15, -0.1) is 0 Å². The highest BCUT2D eigenvalue weighted by Gasteiger charge is 2.12. The molecule has 72 valence electrons. The number of aliphatic hydroxyl groups excluding tert-OH is 1. The van der Waals surface area contributed by atoms with Crippen LogP contribution in [0, 0.1) is 0 Å². The summed E-state index contributed by atoms with van der Waals surface area (Å²) in [4.78, 5) is 1.94. The second-order valence-electron chi connectivity index (χ2n) is 3.24. The number of rotatable bonds is 2. The summed E-state index contributed by atoms with van der Waals surface area (Å²) in [5, 5.41) is 10.1. The first-order valence-electron chi connectivity index (χ1n) is 4.18. The Bertz CT molecular complexity index is 297. The van der Waals surface area contributed by atoms with Gasteiger partial charge in [0.1, 0.15) is 0 Å². The number of hydrogen-bond donors (Lipinski definition) is 1. The van der Waals surface area contributed by atoms with Gasteiger partial charge in [0.15, 0.2) is 0 Å². The fourth-order valence-corrected chi connectivity index (χ4v) is 1.66. The van der Waals surface area contributed by atoms with E-state index in [1.807, 2.05) is 31.1 Å². The third-order valence-electron chi connectivity index (χ3n) is 1.93. The molecule has 0 unspecified atom stereocenters. The minimum Gasteiger partial charge on any atom is -0.389 e. The van der Waals surface area contributed by atoms with Crippen LogP contribution in [0.15, 0.2) is 18.2 Å². The van der Waals surface area contributed by atoms with Crippen molar-refractivity contribution in [3.05, 3.63) is 28.8 Å². The van der Waals surface area contributed by atoms with Gasteiger partial charge in [-0.2, -0.15) is 0 Å². The van der Waals surface area contributed by atoms with Crippen molar-refractivity contribution in [1.29, 1.82) is 0 Å². The fraction of sp³-hybridized carbons (Fsp3) is 0.400. The van der Waals surface area contributed by atoms with Gasteiger partial charge in [0.25, 0.3) is 0 Å². The molecule has 0 aliphatic rings. The van der Waals surface area contributed by atoms with Crippen LogP contribution in [-0.2, 0) is 0 Å². The van der Waals surface area contributed by atoms with Crippen LogP contribution < -0.4 is 4.90 Å². The Balaban J connectivity index is 3.26. The van der Waals surface area contributed by atoms with Gasteiger partial charge in [-0.05, 0) is 19.1 Å². The lowest BCUT2D eigenvalue weighted by molar-refractivity contribution is 0.200. The summed E-state index contributed by atoms with van der Waals surface area (Å²) in [5.74, 6) is 0. The van der Waals surface area contributed by atoms with Crippen LogP contribution in [0.1, 0.15) is 18.6 Å². The topological polar surface area (TPSA) is 23.5 Å². The summed E-state index contributed by atoms with van der Waals surface area (Å²) in [6.45, 7) is 1.72. The van der Waals surface area contributed by atoms with Crippen LogP contribution in [0.3, 0.4) is 0 Å². The second-order valence-corrected chi connectivity index (χ2v) is 3.65. The van der Waals surface area contributed by atoms with Crippen molar-refractivity contribution in [2.75, 3.05) is 19.0 Å². The summed E-state index contributed by atoms with van der Waals surface area (Å²) in [5.41, 5.74) is 1.75. The molecule has 0 saturated carbocycles. The molecule has 1 aromatic rings. The summed E-state index contributed by atoms with van der Waals surface area (Å²) in [6.07, 6.45) is -0.536. The molecular formula is C10H14ClNO. The van der Waals surface area contributed by atoms with E-state index < -0.39 is 6.10 Å². The van der Waals surface area contributed by atoms with E-state index in [-0.39, 0.29) is 0 Å². The molecule has 3 heteroatoms. The van der Waals surface area contributed by atoms with Crippen molar-refractivity contribution in [2.45, 2.75) is 13.0 Å². The maximum absolute atomic E-state index is 9.52. The van der Waals surface area contributed by atoms with E-state index in [1.54, 1.807) is 13.0 Å². The van der Waals surface area contributed by atoms with Gasteiger partial charge in [-0.1, -0.05) is 17.7 Å². The minimum absolute atomic E-state index is 0.536. The van der Waals surface area contributed by atoms with Gasteiger partial charge in [-0.3, -0.25) is 0 Å². The zero-order valence-corrected chi connectivity index (χ0v) is 8.84. The number of nitrogens with zero attached hydrogens (tertiary/aromatic N) is 1. The minimum atomic E-state index is -0.536. The number of halogens is 1. The van der Waals surface area contributed by atoms with E-state index in [9.17, 15) is 5.11 Å². The highest BCUT2D eigenvalue weighted by Crippen LogP contribution is 2.31. The Morgan fingerprint density at radius 2 is 2.00 bits per heavy atom. The van der Waals surface area contributed by atoms with Crippen molar-refractivity contribution >= 4 is 17.3 Å². The molecule has 0 fully saturated rings. The van der Waals surface area contributed by atoms with Crippen LogP contribution in [0.4, 0.5) is 5.69 Å². The van der Waals surface area contributed by atoms with Gasteiger partial charge in [-0.25, -0.2) is 0 Å². The quantitative estimate of drug-likeness (QED) is 0.791. The summed E-state index contributed by atoms with van der Waals surface area (Å²) in [7, 11) is 3.86.